The number of halogens is 3. The molecule has 0 bridgehead atoms. The fourth-order valence-electron chi connectivity index (χ4n) is 1.66. The number of ether oxygens (including phenoxy) is 1. The van der Waals surface area contributed by atoms with Crippen LogP contribution in [-0.4, -0.2) is 12.4 Å². The minimum Gasteiger partial charge on any atom is -0.369 e. The molecule has 104 valence electrons. The summed E-state index contributed by atoms with van der Waals surface area (Å²) in [6, 6.07) is 10.3. The number of hydrogen-bond donors (Lipinski definition) is 0. The molecule has 0 aliphatic rings. The van der Waals surface area contributed by atoms with Crippen LogP contribution < -0.4 is 0 Å². The second-order valence-electron chi connectivity index (χ2n) is 4.13. The Morgan fingerprint density at radius 1 is 1.15 bits per heavy atom. The Morgan fingerprint density at radius 3 is 2.60 bits per heavy atom. The van der Waals surface area contributed by atoms with Gasteiger partial charge in [0.15, 0.2) is 5.78 Å². The van der Waals surface area contributed by atoms with Gasteiger partial charge in [0.05, 0.1) is 12.2 Å². The molecule has 0 unspecified atom stereocenters. The fourth-order valence-corrected chi connectivity index (χ4v) is 2.06. The second-order valence-corrected chi connectivity index (χ2v) is 4.99. The van der Waals surface area contributed by atoms with Crippen molar-refractivity contribution in [2.24, 2.45) is 0 Å². The molecule has 0 radical (unpaired) electrons. The highest BCUT2D eigenvalue weighted by atomic mass is 79.9. The summed E-state index contributed by atoms with van der Waals surface area (Å²) in [5, 5.41) is 0. The Kier molecular flexibility index (Phi) is 4.98. The maximum atomic E-state index is 13.4. The molecule has 0 saturated heterocycles. The largest absolute Gasteiger partial charge is 0.369 e. The van der Waals surface area contributed by atoms with Gasteiger partial charge in [-0.1, -0.05) is 34.1 Å². The molecule has 0 N–H and O–H groups in total. The highest BCUT2D eigenvalue weighted by Gasteiger charge is 2.12. The van der Waals surface area contributed by atoms with E-state index in [2.05, 4.69) is 15.9 Å². The lowest BCUT2D eigenvalue weighted by atomic mass is 10.1. The van der Waals surface area contributed by atoms with Crippen LogP contribution in [-0.2, 0) is 11.3 Å². The zero-order chi connectivity index (χ0) is 14.5. The van der Waals surface area contributed by atoms with Crippen LogP contribution >= 0.6 is 15.9 Å². The van der Waals surface area contributed by atoms with Crippen molar-refractivity contribution in [3.63, 3.8) is 0 Å². The summed E-state index contributed by atoms with van der Waals surface area (Å²) >= 11 is 3.36. The Morgan fingerprint density at radius 2 is 1.90 bits per heavy atom. The molecule has 0 spiro atoms. The van der Waals surface area contributed by atoms with Crippen LogP contribution in [0.1, 0.15) is 15.9 Å². The zero-order valence-electron chi connectivity index (χ0n) is 10.4. The van der Waals surface area contributed by atoms with Gasteiger partial charge in [0.2, 0.25) is 0 Å². The number of carbonyl (C=O) groups excluding carboxylic acids is 1. The molecule has 0 aromatic heterocycles. The maximum absolute atomic E-state index is 13.4. The Balaban J connectivity index is 1.94. The van der Waals surface area contributed by atoms with Crippen molar-refractivity contribution in [3.8, 4) is 0 Å². The molecular formula is C15H11BrF2O2. The van der Waals surface area contributed by atoms with E-state index < -0.39 is 17.4 Å². The van der Waals surface area contributed by atoms with E-state index in [1.54, 1.807) is 0 Å². The number of Topliss-reactive ketones (excluding diaryl/α,β-unsaturated/α-hetero) is 1. The standard InChI is InChI=1S/C15H11BrF2O2/c16-13-4-2-1-3-10(13)8-20-9-15(19)12-6-5-11(17)7-14(12)18/h1-7H,8-9H2. The van der Waals surface area contributed by atoms with Crippen molar-refractivity contribution in [3.05, 3.63) is 69.7 Å². The Hall–Kier alpha value is -1.59. The highest BCUT2D eigenvalue weighted by molar-refractivity contribution is 9.10. The van der Waals surface area contributed by atoms with Gasteiger partial charge in [-0.05, 0) is 23.8 Å². The van der Waals surface area contributed by atoms with Crippen LogP contribution in [0.2, 0.25) is 0 Å². The molecular weight excluding hydrogens is 330 g/mol. The van der Waals surface area contributed by atoms with E-state index >= 15 is 0 Å². The first-order valence-electron chi connectivity index (χ1n) is 5.87. The SMILES string of the molecule is O=C(COCc1ccccc1Br)c1ccc(F)cc1F. The predicted octanol–water partition coefficient (Wildman–Crippen LogP) is 4.13. The number of hydrogen-bond acceptors (Lipinski definition) is 2. The summed E-state index contributed by atoms with van der Waals surface area (Å²) in [4.78, 5) is 11.8. The van der Waals surface area contributed by atoms with Crippen molar-refractivity contribution in [1.29, 1.82) is 0 Å². The van der Waals surface area contributed by atoms with Gasteiger partial charge < -0.3 is 4.74 Å². The van der Waals surface area contributed by atoms with E-state index in [4.69, 9.17) is 4.74 Å². The number of benzene rings is 2. The number of rotatable bonds is 5. The average molecular weight is 341 g/mol. The van der Waals surface area contributed by atoms with Crippen LogP contribution in [0.4, 0.5) is 8.78 Å². The number of ketones is 1. The molecule has 2 aromatic rings. The van der Waals surface area contributed by atoms with E-state index in [9.17, 15) is 13.6 Å². The minimum atomic E-state index is -0.875. The lowest BCUT2D eigenvalue weighted by Crippen LogP contribution is -2.11. The first-order chi connectivity index (χ1) is 9.58. The fraction of sp³-hybridized carbons (Fsp3) is 0.133. The van der Waals surface area contributed by atoms with Gasteiger partial charge in [0.25, 0.3) is 0 Å². The van der Waals surface area contributed by atoms with Crippen LogP contribution in [0.15, 0.2) is 46.9 Å². The van der Waals surface area contributed by atoms with Gasteiger partial charge in [-0.15, -0.1) is 0 Å². The molecule has 20 heavy (non-hydrogen) atoms. The van der Waals surface area contributed by atoms with E-state index in [-0.39, 0.29) is 18.8 Å². The van der Waals surface area contributed by atoms with Crippen LogP contribution in [0.5, 0.6) is 0 Å². The van der Waals surface area contributed by atoms with Gasteiger partial charge >= 0.3 is 0 Å². The Bertz CT molecular complexity index is 629. The van der Waals surface area contributed by atoms with E-state index in [1.165, 1.54) is 0 Å². The van der Waals surface area contributed by atoms with Gasteiger partial charge in [0.1, 0.15) is 18.2 Å². The smallest absolute Gasteiger partial charge is 0.191 e. The molecule has 0 amide bonds. The third kappa shape index (κ3) is 3.71. The second kappa shape index (κ2) is 6.72. The van der Waals surface area contributed by atoms with Crippen molar-refractivity contribution >= 4 is 21.7 Å². The molecule has 0 fully saturated rings. The van der Waals surface area contributed by atoms with E-state index in [1.807, 2.05) is 24.3 Å². The Labute approximate surface area is 123 Å². The maximum Gasteiger partial charge on any atom is 0.191 e. The molecule has 0 aliphatic heterocycles. The van der Waals surface area contributed by atoms with E-state index in [0.29, 0.717) is 6.07 Å². The average Bonchev–Trinajstić information content (AvgIpc) is 2.40. The molecule has 0 heterocycles. The third-order valence-corrected chi connectivity index (χ3v) is 3.45. The topological polar surface area (TPSA) is 26.3 Å². The quantitative estimate of drug-likeness (QED) is 0.765. The third-order valence-electron chi connectivity index (χ3n) is 2.68. The predicted molar refractivity (Wildman–Crippen MR) is 74.5 cm³/mol. The zero-order valence-corrected chi connectivity index (χ0v) is 12.0. The summed E-state index contributed by atoms with van der Waals surface area (Å²) in [5.41, 5.74) is 0.721. The van der Waals surface area contributed by atoms with Crippen LogP contribution in [0, 0.1) is 11.6 Å². The minimum absolute atomic E-state index is 0.168. The van der Waals surface area contributed by atoms with Crippen molar-refractivity contribution in [1.82, 2.24) is 0 Å². The van der Waals surface area contributed by atoms with Gasteiger partial charge in [-0.2, -0.15) is 0 Å². The highest BCUT2D eigenvalue weighted by Crippen LogP contribution is 2.17. The summed E-state index contributed by atoms with van der Waals surface area (Å²) in [6.45, 7) is -0.0279. The van der Waals surface area contributed by atoms with Crippen molar-refractivity contribution in [2.75, 3.05) is 6.61 Å². The lowest BCUT2D eigenvalue weighted by molar-refractivity contribution is 0.0721. The normalized spacial score (nSPS) is 10.6. The number of carbonyl (C=O) groups is 1. The van der Waals surface area contributed by atoms with E-state index in [0.717, 1.165) is 22.2 Å². The lowest BCUT2D eigenvalue weighted by Gasteiger charge is -2.06. The molecule has 0 atom stereocenters. The van der Waals surface area contributed by atoms with Gasteiger partial charge in [0, 0.05) is 10.5 Å². The van der Waals surface area contributed by atoms with Crippen molar-refractivity contribution in [2.45, 2.75) is 6.61 Å². The van der Waals surface area contributed by atoms with Crippen LogP contribution in [0.3, 0.4) is 0 Å². The summed E-state index contributed by atoms with van der Waals surface area (Å²) in [6.07, 6.45) is 0. The van der Waals surface area contributed by atoms with Crippen molar-refractivity contribution < 1.29 is 18.3 Å². The first kappa shape index (κ1) is 14.8. The molecule has 5 heteroatoms. The molecule has 0 saturated carbocycles. The summed E-state index contributed by atoms with van der Waals surface area (Å²) in [7, 11) is 0. The molecule has 2 rings (SSSR count). The summed E-state index contributed by atoms with van der Waals surface area (Å²) in [5.74, 6) is -2.11. The van der Waals surface area contributed by atoms with Gasteiger partial charge in [-0.3, -0.25) is 4.79 Å². The van der Waals surface area contributed by atoms with Gasteiger partial charge in [-0.25, -0.2) is 8.78 Å². The molecule has 2 aromatic carbocycles. The summed E-state index contributed by atoms with van der Waals surface area (Å²) < 4.78 is 32.3. The van der Waals surface area contributed by atoms with Crippen LogP contribution in [0.25, 0.3) is 0 Å². The first-order valence-corrected chi connectivity index (χ1v) is 6.66. The molecule has 0 aliphatic carbocycles. The monoisotopic (exact) mass is 340 g/mol. The molecule has 2 nitrogen and oxygen atoms in total.